The number of methoxy groups -OCH3 is 1. The van der Waals surface area contributed by atoms with Gasteiger partial charge in [-0.2, -0.15) is 0 Å². The molecule has 0 saturated carbocycles. The Hall–Kier alpha value is -1.92. The van der Waals surface area contributed by atoms with Crippen LogP contribution in [0.4, 0.5) is 0 Å². The van der Waals surface area contributed by atoms with E-state index in [0.29, 0.717) is 12.8 Å². The maximum absolute atomic E-state index is 11.1. The Morgan fingerprint density at radius 3 is 2.81 bits per heavy atom. The highest BCUT2D eigenvalue weighted by Gasteiger charge is 2.21. The molecule has 0 aliphatic rings. The predicted molar refractivity (Wildman–Crippen MR) is 52.9 cm³/mol. The SMILES string of the molecule is CCCC(C(=O)O)n1cnc(C(=O)OC)n1. The number of hydrogen-bond acceptors (Lipinski definition) is 5. The van der Waals surface area contributed by atoms with Gasteiger partial charge >= 0.3 is 11.9 Å². The molecule has 1 unspecified atom stereocenters. The number of rotatable bonds is 5. The van der Waals surface area contributed by atoms with Crippen molar-refractivity contribution in [1.29, 1.82) is 0 Å². The molecule has 7 nitrogen and oxygen atoms in total. The van der Waals surface area contributed by atoms with E-state index in [4.69, 9.17) is 5.11 Å². The third kappa shape index (κ3) is 2.56. The molecule has 0 aliphatic heterocycles. The van der Waals surface area contributed by atoms with E-state index in [1.165, 1.54) is 13.4 Å². The first kappa shape index (κ1) is 12.2. The number of aliphatic carboxylic acids is 1. The number of ether oxygens (including phenoxy) is 1. The van der Waals surface area contributed by atoms with Crippen LogP contribution in [0.1, 0.15) is 36.4 Å². The van der Waals surface area contributed by atoms with Gasteiger partial charge in [-0.25, -0.2) is 19.3 Å². The lowest BCUT2D eigenvalue weighted by Gasteiger charge is -2.09. The molecule has 0 aliphatic carbocycles. The topological polar surface area (TPSA) is 94.3 Å². The highest BCUT2D eigenvalue weighted by Crippen LogP contribution is 2.12. The van der Waals surface area contributed by atoms with Crippen LogP contribution < -0.4 is 0 Å². The summed E-state index contributed by atoms with van der Waals surface area (Å²) in [5.41, 5.74) is 0. The minimum Gasteiger partial charge on any atom is -0.480 e. The summed E-state index contributed by atoms with van der Waals surface area (Å²) < 4.78 is 5.59. The van der Waals surface area contributed by atoms with E-state index in [-0.39, 0.29) is 5.82 Å². The molecule has 1 heterocycles. The van der Waals surface area contributed by atoms with Crippen LogP contribution in [0.5, 0.6) is 0 Å². The summed E-state index contributed by atoms with van der Waals surface area (Å²) in [6.45, 7) is 1.87. The molecule has 1 rings (SSSR count). The van der Waals surface area contributed by atoms with Crippen LogP contribution in [0.2, 0.25) is 0 Å². The monoisotopic (exact) mass is 227 g/mol. The Labute approximate surface area is 92.0 Å². The maximum atomic E-state index is 11.1. The van der Waals surface area contributed by atoms with Gasteiger partial charge in [0.2, 0.25) is 0 Å². The van der Waals surface area contributed by atoms with Crippen molar-refractivity contribution < 1.29 is 19.4 Å². The quantitative estimate of drug-likeness (QED) is 0.735. The molecule has 88 valence electrons. The van der Waals surface area contributed by atoms with E-state index in [1.54, 1.807) is 0 Å². The zero-order valence-electron chi connectivity index (χ0n) is 9.08. The van der Waals surface area contributed by atoms with Crippen LogP contribution in [0.15, 0.2) is 6.33 Å². The summed E-state index contributed by atoms with van der Waals surface area (Å²) in [5, 5.41) is 12.7. The van der Waals surface area contributed by atoms with Crippen molar-refractivity contribution >= 4 is 11.9 Å². The molecule has 0 amide bonds. The molecule has 0 radical (unpaired) electrons. The second kappa shape index (κ2) is 5.24. The highest BCUT2D eigenvalue weighted by molar-refractivity contribution is 5.84. The Morgan fingerprint density at radius 1 is 1.62 bits per heavy atom. The largest absolute Gasteiger partial charge is 0.480 e. The van der Waals surface area contributed by atoms with Gasteiger partial charge in [-0.05, 0) is 6.42 Å². The molecule has 1 N–H and O–H groups in total. The molecule has 7 heteroatoms. The van der Waals surface area contributed by atoms with Gasteiger partial charge in [-0.15, -0.1) is 5.10 Å². The number of carboxylic acids is 1. The van der Waals surface area contributed by atoms with E-state index in [1.807, 2.05) is 6.92 Å². The molecule has 1 aromatic rings. The average Bonchev–Trinajstić information content (AvgIpc) is 2.73. The lowest BCUT2D eigenvalue weighted by Crippen LogP contribution is -2.20. The first-order chi connectivity index (χ1) is 7.60. The smallest absolute Gasteiger partial charge is 0.377 e. The maximum Gasteiger partial charge on any atom is 0.377 e. The fraction of sp³-hybridized carbons (Fsp3) is 0.556. The van der Waals surface area contributed by atoms with Crippen LogP contribution in [-0.4, -0.2) is 38.9 Å². The number of carbonyl (C=O) groups is 2. The van der Waals surface area contributed by atoms with Crippen molar-refractivity contribution in [3.05, 3.63) is 12.2 Å². The molecule has 16 heavy (non-hydrogen) atoms. The van der Waals surface area contributed by atoms with Gasteiger partial charge in [0.1, 0.15) is 6.33 Å². The predicted octanol–water partition coefficient (Wildman–Crippen LogP) is 0.490. The minimum atomic E-state index is -0.997. The fourth-order valence-electron chi connectivity index (χ4n) is 1.25. The van der Waals surface area contributed by atoms with Crippen molar-refractivity contribution in [2.75, 3.05) is 7.11 Å². The Bertz CT molecular complexity index is 388. The highest BCUT2D eigenvalue weighted by atomic mass is 16.5. The Morgan fingerprint density at radius 2 is 2.31 bits per heavy atom. The third-order valence-electron chi connectivity index (χ3n) is 2.04. The summed E-state index contributed by atoms with van der Waals surface area (Å²) in [4.78, 5) is 25.7. The Balaban J connectivity index is 2.89. The van der Waals surface area contributed by atoms with Crippen molar-refractivity contribution in [2.24, 2.45) is 0 Å². The van der Waals surface area contributed by atoms with Crippen LogP contribution in [0, 0.1) is 0 Å². The van der Waals surface area contributed by atoms with Gasteiger partial charge in [0.25, 0.3) is 5.82 Å². The summed E-state index contributed by atoms with van der Waals surface area (Å²) in [6, 6.07) is -0.795. The van der Waals surface area contributed by atoms with Crippen molar-refractivity contribution in [1.82, 2.24) is 14.8 Å². The lowest BCUT2D eigenvalue weighted by atomic mass is 10.2. The van der Waals surface area contributed by atoms with Gasteiger partial charge < -0.3 is 9.84 Å². The van der Waals surface area contributed by atoms with Crippen LogP contribution in [0.25, 0.3) is 0 Å². The van der Waals surface area contributed by atoms with E-state index >= 15 is 0 Å². The molecular weight excluding hydrogens is 214 g/mol. The lowest BCUT2D eigenvalue weighted by molar-refractivity contribution is -0.141. The van der Waals surface area contributed by atoms with E-state index in [9.17, 15) is 9.59 Å². The molecule has 0 bridgehead atoms. The van der Waals surface area contributed by atoms with Crippen LogP contribution in [-0.2, 0) is 9.53 Å². The minimum absolute atomic E-state index is 0.134. The third-order valence-corrected chi connectivity index (χ3v) is 2.04. The van der Waals surface area contributed by atoms with Crippen molar-refractivity contribution in [3.8, 4) is 0 Å². The second-order valence-electron chi connectivity index (χ2n) is 3.18. The van der Waals surface area contributed by atoms with Crippen molar-refractivity contribution in [3.63, 3.8) is 0 Å². The molecule has 0 aromatic carbocycles. The molecule has 0 saturated heterocycles. The Kier molecular flexibility index (Phi) is 3.98. The average molecular weight is 227 g/mol. The molecule has 0 spiro atoms. The summed E-state index contributed by atoms with van der Waals surface area (Å²) in [7, 11) is 1.21. The summed E-state index contributed by atoms with van der Waals surface area (Å²) >= 11 is 0. The number of hydrogen-bond donors (Lipinski definition) is 1. The first-order valence-corrected chi connectivity index (χ1v) is 4.82. The number of aromatic nitrogens is 3. The van der Waals surface area contributed by atoms with Gasteiger partial charge in [0.05, 0.1) is 7.11 Å². The van der Waals surface area contributed by atoms with Gasteiger partial charge in [-0.3, -0.25) is 0 Å². The number of esters is 1. The molecule has 0 fully saturated rings. The number of carboxylic acid groups (broad SMARTS) is 1. The number of carbonyl (C=O) groups excluding carboxylic acids is 1. The fourth-order valence-corrected chi connectivity index (χ4v) is 1.25. The van der Waals surface area contributed by atoms with Gasteiger partial charge in [-0.1, -0.05) is 13.3 Å². The molecule has 1 aromatic heterocycles. The normalized spacial score (nSPS) is 12.1. The van der Waals surface area contributed by atoms with E-state index in [0.717, 1.165) is 4.68 Å². The zero-order valence-corrected chi connectivity index (χ0v) is 9.08. The van der Waals surface area contributed by atoms with Crippen LogP contribution in [0.3, 0.4) is 0 Å². The van der Waals surface area contributed by atoms with Gasteiger partial charge in [0, 0.05) is 0 Å². The summed E-state index contributed by atoms with van der Waals surface area (Å²) in [6.07, 6.45) is 2.35. The van der Waals surface area contributed by atoms with Crippen LogP contribution >= 0.6 is 0 Å². The van der Waals surface area contributed by atoms with Crippen molar-refractivity contribution in [2.45, 2.75) is 25.8 Å². The van der Waals surface area contributed by atoms with E-state index < -0.39 is 18.0 Å². The second-order valence-corrected chi connectivity index (χ2v) is 3.18. The molecular formula is C9H13N3O4. The molecule has 1 atom stereocenters. The standard InChI is InChI=1S/C9H13N3O4/c1-3-4-6(8(13)14)12-5-10-7(11-12)9(15)16-2/h5-6H,3-4H2,1-2H3,(H,13,14). The zero-order chi connectivity index (χ0) is 12.1. The number of nitrogens with zero attached hydrogens (tertiary/aromatic N) is 3. The first-order valence-electron chi connectivity index (χ1n) is 4.82. The summed E-state index contributed by atoms with van der Waals surface area (Å²) in [5.74, 6) is -1.81. The van der Waals surface area contributed by atoms with E-state index in [2.05, 4.69) is 14.8 Å². The van der Waals surface area contributed by atoms with Gasteiger partial charge in [0.15, 0.2) is 6.04 Å².